The number of nitrogens with one attached hydrogen (secondary N) is 2. The Hall–Kier alpha value is -3.39. The molecule has 0 heterocycles. The fourth-order valence-electron chi connectivity index (χ4n) is 3.88. The fourth-order valence-corrected chi connectivity index (χ4v) is 3.88. The Bertz CT molecular complexity index is 931. The highest BCUT2D eigenvalue weighted by Gasteiger charge is 2.29. The van der Waals surface area contributed by atoms with Crippen molar-refractivity contribution in [2.45, 2.75) is 44.2 Å². The van der Waals surface area contributed by atoms with E-state index in [1.165, 1.54) is 0 Å². The molecule has 0 saturated heterocycles. The van der Waals surface area contributed by atoms with Gasteiger partial charge >= 0.3 is 12.1 Å². The second-order valence-corrected chi connectivity index (χ2v) is 7.77. The lowest BCUT2D eigenvalue weighted by Crippen LogP contribution is -2.39. The Morgan fingerprint density at radius 3 is 2.19 bits per heavy atom. The molecule has 170 valence electrons. The molecule has 0 radical (unpaired) electrons. The Labute approximate surface area is 186 Å². The summed E-state index contributed by atoms with van der Waals surface area (Å²) in [4.78, 5) is 34.8. The summed E-state index contributed by atoms with van der Waals surface area (Å²) < 4.78 is 5.54. The molecular weight excluding hydrogens is 412 g/mol. The molecule has 8 heteroatoms. The van der Waals surface area contributed by atoms with Crippen LogP contribution in [0.4, 0.5) is 4.79 Å². The monoisotopic (exact) mass is 440 g/mol. The van der Waals surface area contributed by atoms with E-state index in [0.717, 1.165) is 22.3 Å². The Morgan fingerprint density at radius 2 is 1.62 bits per heavy atom. The highest BCUT2D eigenvalue weighted by molar-refractivity contribution is 5.79. The summed E-state index contributed by atoms with van der Waals surface area (Å²) in [5, 5.41) is 23.0. The zero-order valence-corrected chi connectivity index (χ0v) is 17.9. The molecule has 0 spiro atoms. The van der Waals surface area contributed by atoms with E-state index >= 15 is 0 Å². The van der Waals surface area contributed by atoms with Gasteiger partial charge in [-0.15, -0.1) is 0 Å². The molecule has 2 aromatic rings. The molecule has 3 rings (SSSR count). The lowest BCUT2D eigenvalue weighted by molar-refractivity contribution is -0.146. The maximum Gasteiger partial charge on any atom is 0.407 e. The number of carbonyl (C=O) groups excluding carboxylic acids is 2. The van der Waals surface area contributed by atoms with Crippen LogP contribution in [0, 0.1) is 0 Å². The molecule has 0 saturated carbocycles. The largest absolute Gasteiger partial charge is 0.479 e. The summed E-state index contributed by atoms with van der Waals surface area (Å²) in [5.74, 6) is -1.81. The first-order valence-corrected chi connectivity index (χ1v) is 10.7. The highest BCUT2D eigenvalue weighted by Crippen LogP contribution is 2.44. The normalized spacial score (nSPS) is 14.1. The molecule has 2 aromatic carbocycles. The van der Waals surface area contributed by atoms with Gasteiger partial charge in [-0.1, -0.05) is 55.5 Å². The number of benzene rings is 2. The van der Waals surface area contributed by atoms with Crippen LogP contribution in [0.5, 0.6) is 0 Å². The zero-order chi connectivity index (χ0) is 23.1. The SMILES string of the molecule is CCC(CCC(=O)NCC(O)C(=O)O)NC(=O)OCC1c2ccccc2-c2ccccc21. The number of amides is 2. The minimum absolute atomic E-state index is 0.0281. The van der Waals surface area contributed by atoms with Gasteiger partial charge in [-0.2, -0.15) is 0 Å². The lowest BCUT2D eigenvalue weighted by Gasteiger charge is -2.19. The first kappa shape index (κ1) is 23.3. The predicted molar refractivity (Wildman–Crippen MR) is 118 cm³/mol. The van der Waals surface area contributed by atoms with Gasteiger partial charge in [0.1, 0.15) is 6.61 Å². The average Bonchev–Trinajstić information content (AvgIpc) is 3.12. The smallest absolute Gasteiger partial charge is 0.407 e. The molecule has 0 aromatic heterocycles. The van der Waals surface area contributed by atoms with Crippen LogP contribution in [0.3, 0.4) is 0 Å². The number of hydrogen-bond acceptors (Lipinski definition) is 5. The van der Waals surface area contributed by atoms with Crippen molar-refractivity contribution in [2.75, 3.05) is 13.2 Å². The second kappa shape index (κ2) is 10.8. The average molecular weight is 440 g/mol. The van der Waals surface area contributed by atoms with Crippen LogP contribution in [0.1, 0.15) is 43.2 Å². The molecule has 1 aliphatic rings. The van der Waals surface area contributed by atoms with E-state index in [4.69, 9.17) is 9.84 Å². The summed E-state index contributed by atoms with van der Waals surface area (Å²) in [6, 6.07) is 15.9. The van der Waals surface area contributed by atoms with Crippen molar-refractivity contribution in [3.8, 4) is 11.1 Å². The second-order valence-electron chi connectivity index (χ2n) is 7.77. The third-order valence-electron chi connectivity index (χ3n) is 5.66. The number of hydrogen-bond donors (Lipinski definition) is 4. The lowest BCUT2D eigenvalue weighted by atomic mass is 9.98. The number of carboxylic acid groups (broad SMARTS) is 1. The Kier molecular flexibility index (Phi) is 7.83. The number of carboxylic acids is 1. The first-order chi connectivity index (χ1) is 15.4. The van der Waals surface area contributed by atoms with Crippen molar-refractivity contribution < 1.29 is 29.3 Å². The van der Waals surface area contributed by atoms with Crippen LogP contribution in [-0.4, -0.2) is 53.5 Å². The van der Waals surface area contributed by atoms with Crippen LogP contribution >= 0.6 is 0 Å². The minimum atomic E-state index is -1.64. The summed E-state index contributed by atoms with van der Waals surface area (Å²) >= 11 is 0. The minimum Gasteiger partial charge on any atom is -0.479 e. The van der Waals surface area contributed by atoms with Gasteiger partial charge in [0.05, 0.1) is 6.54 Å². The van der Waals surface area contributed by atoms with Gasteiger partial charge in [-0.05, 0) is 35.1 Å². The molecule has 2 unspecified atom stereocenters. The van der Waals surface area contributed by atoms with Crippen molar-refractivity contribution in [2.24, 2.45) is 0 Å². The number of rotatable bonds is 10. The summed E-state index contributed by atoms with van der Waals surface area (Å²) in [7, 11) is 0. The number of carbonyl (C=O) groups is 3. The van der Waals surface area contributed by atoms with Crippen LogP contribution in [-0.2, 0) is 14.3 Å². The van der Waals surface area contributed by atoms with Crippen molar-refractivity contribution in [1.29, 1.82) is 0 Å². The number of alkyl carbamates (subject to hydrolysis) is 1. The van der Waals surface area contributed by atoms with Crippen LogP contribution < -0.4 is 10.6 Å². The van der Waals surface area contributed by atoms with Gasteiger partial charge < -0.3 is 25.6 Å². The van der Waals surface area contributed by atoms with Crippen LogP contribution in [0.25, 0.3) is 11.1 Å². The van der Waals surface area contributed by atoms with E-state index in [0.29, 0.717) is 12.8 Å². The molecule has 0 fully saturated rings. The zero-order valence-electron chi connectivity index (χ0n) is 17.9. The van der Waals surface area contributed by atoms with E-state index in [1.807, 2.05) is 31.2 Å². The number of fused-ring (bicyclic) bond motifs is 3. The molecule has 0 aliphatic heterocycles. The molecule has 0 bridgehead atoms. The molecule has 2 amide bonds. The Balaban J connectivity index is 1.49. The number of ether oxygens (including phenoxy) is 1. The third-order valence-corrected chi connectivity index (χ3v) is 5.66. The van der Waals surface area contributed by atoms with Crippen LogP contribution in [0.15, 0.2) is 48.5 Å². The predicted octanol–water partition coefficient (Wildman–Crippen LogP) is 2.65. The van der Waals surface area contributed by atoms with Gasteiger partial charge in [0.15, 0.2) is 6.10 Å². The van der Waals surface area contributed by atoms with Crippen molar-refractivity contribution >= 4 is 18.0 Å². The first-order valence-electron chi connectivity index (χ1n) is 10.7. The fraction of sp³-hybridized carbons (Fsp3) is 0.375. The quantitative estimate of drug-likeness (QED) is 0.450. The third kappa shape index (κ3) is 5.64. The Morgan fingerprint density at radius 1 is 1.03 bits per heavy atom. The molecule has 8 nitrogen and oxygen atoms in total. The van der Waals surface area contributed by atoms with Crippen LogP contribution in [0.2, 0.25) is 0 Å². The maximum atomic E-state index is 12.4. The van der Waals surface area contributed by atoms with Gasteiger partial charge in [-0.3, -0.25) is 4.79 Å². The summed E-state index contributed by atoms with van der Waals surface area (Å²) in [6.45, 7) is 1.75. The number of aliphatic hydroxyl groups is 1. The summed E-state index contributed by atoms with van der Waals surface area (Å²) in [5.41, 5.74) is 4.58. The van der Waals surface area contributed by atoms with E-state index < -0.39 is 24.1 Å². The summed E-state index contributed by atoms with van der Waals surface area (Å²) in [6.07, 6.45) is -1.11. The molecule has 2 atom stereocenters. The van der Waals surface area contributed by atoms with Gasteiger partial charge in [0.2, 0.25) is 5.91 Å². The standard InChI is InChI=1S/C24H28N2O6/c1-2-15(11-12-22(28)25-13-21(27)23(29)30)26-24(31)32-14-20-18-9-5-3-7-16(18)17-8-4-6-10-19(17)20/h3-10,15,20-21,27H,2,11-14H2,1H3,(H,25,28)(H,26,31)(H,29,30). The van der Waals surface area contributed by atoms with Crippen molar-refractivity contribution in [1.82, 2.24) is 10.6 Å². The van der Waals surface area contributed by atoms with Gasteiger partial charge in [0.25, 0.3) is 0 Å². The highest BCUT2D eigenvalue weighted by atomic mass is 16.5. The number of aliphatic hydroxyl groups excluding tert-OH is 1. The van der Waals surface area contributed by atoms with E-state index in [2.05, 4.69) is 34.9 Å². The maximum absolute atomic E-state index is 12.4. The molecule has 4 N–H and O–H groups in total. The molecular formula is C24H28N2O6. The van der Waals surface area contributed by atoms with Crippen molar-refractivity contribution in [3.05, 3.63) is 59.7 Å². The van der Waals surface area contributed by atoms with E-state index in [1.54, 1.807) is 0 Å². The van der Waals surface area contributed by atoms with E-state index in [-0.39, 0.29) is 31.5 Å². The molecule has 32 heavy (non-hydrogen) atoms. The van der Waals surface area contributed by atoms with Crippen molar-refractivity contribution in [3.63, 3.8) is 0 Å². The topological polar surface area (TPSA) is 125 Å². The van der Waals surface area contributed by atoms with Gasteiger partial charge in [0, 0.05) is 18.4 Å². The van der Waals surface area contributed by atoms with E-state index in [9.17, 15) is 19.5 Å². The number of aliphatic carboxylic acids is 1. The molecule has 1 aliphatic carbocycles. The van der Waals surface area contributed by atoms with Gasteiger partial charge in [-0.25, -0.2) is 9.59 Å².